The van der Waals surface area contributed by atoms with Gasteiger partial charge >= 0.3 is 0 Å². The van der Waals surface area contributed by atoms with E-state index >= 15 is 0 Å². The summed E-state index contributed by atoms with van der Waals surface area (Å²) in [7, 11) is 7.94. The van der Waals surface area contributed by atoms with Crippen molar-refractivity contribution in [1.29, 1.82) is 0 Å². The maximum atomic E-state index is 13.0. The number of hydrogen-bond acceptors (Lipinski definition) is 3. The summed E-state index contributed by atoms with van der Waals surface area (Å²) in [6.45, 7) is 3.78. The van der Waals surface area contributed by atoms with E-state index in [0.717, 1.165) is 23.2 Å². The quantitative estimate of drug-likeness (QED) is 0.537. The number of ketones is 1. The maximum absolute atomic E-state index is 13.0. The van der Waals surface area contributed by atoms with Crippen molar-refractivity contribution < 1.29 is 4.79 Å². The third-order valence-electron chi connectivity index (χ3n) is 4.40. The Morgan fingerprint density at radius 2 is 1.76 bits per heavy atom. The van der Waals surface area contributed by atoms with Gasteiger partial charge in [-0.1, -0.05) is 36.4 Å². The topological polar surface area (TPSA) is 23.6 Å². The third-order valence-corrected chi connectivity index (χ3v) is 4.40. The van der Waals surface area contributed by atoms with E-state index in [-0.39, 0.29) is 11.8 Å². The molecule has 0 saturated heterocycles. The minimum Gasteiger partial charge on any atom is -0.377 e. The van der Waals surface area contributed by atoms with Crippen LogP contribution < -0.4 is 4.90 Å². The maximum Gasteiger partial charge on any atom is 0.180 e. The van der Waals surface area contributed by atoms with Crippen molar-refractivity contribution in [3.05, 3.63) is 77.9 Å². The van der Waals surface area contributed by atoms with Gasteiger partial charge in [-0.15, -0.1) is 6.58 Å². The van der Waals surface area contributed by atoms with E-state index in [0.29, 0.717) is 6.42 Å². The van der Waals surface area contributed by atoms with Gasteiger partial charge in [-0.05, 0) is 56.3 Å². The Labute approximate surface area is 151 Å². The fourth-order valence-corrected chi connectivity index (χ4v) is 3.04. The molecule has 0 bridgehead atoms. The van der Waals surface area contributed by atoms with Crippen molar-refractivity contribution >= 4 is 11.5 Å². The zero-order chi connectivity index (χ0) is 18.4. The molecule has 0 aliphatic rings. The molecule has 0 aromatic heterocycles. The van der Waals surface area contributed by atoms with Gasteiger partial charge in [0.05, 0.1) is 6.04 Å². The summed E-state index contributed by atoms with van der Waals surface area (Å²) < 4.78 is 0. The molecule has 2 aromatic rings. The zero-order valence-electron chi connectivity index (χ0n) is 15.7. The Morgan fingerprint density at radius 3 is 2.32 bits per heavy atom. The second-order valence-electron chi connectivity index (χ2n) is 6.77. The number of carbonyl (C=O) groups excluding carboxylic acids is 1. The molecule has 3 nitrogen and oxygen atoms in total. The monoisotopic (exact) mass is 336 g/mol. The molecule has 1 unspecified atom stereocenters. The van der Waals surface area contributed by atoms with Gasteiger partial charge in [0.15, 0.2) is 5.78 Å². The van der Waals surface area contributed by atoms with Crippen LogP contribution >= 0.6 is 0 Å². The first-order valence-corrected chi connectivity index (χ1v) is 8.59. The average molecular weight is 336 g/mol. The van der Waals surface area contributed by atoms with Gasteiger partial charge in [0.25, 0.3) is 0 Å². The molecule has 132 valence electrons. The predicted molar refractivity (Wildman–Crippen MR) is 107 cm³/mol. The minimum absolute atomic E-state index is 0.143. The van der Waals surface area contributed by atoms with Gasteiger partial charge in [0, 0.05) is 25.3 Å². The normalized spacial score (nSPS) is 12.0. The minimum atomic E-state index is -0.174. The highest BCUT2D eigenvalue weighted by molar-refractivity contribution is 6.00. The molecule has 3 heteroatoms. The second kappa shape index (κ2) is 8.63. The molecule has 0 aliphatic carbocycles. The number of rotatable bonds is 8. The van der Waals surface area contributed by atoms with Crippen LogP contribution in [0.1, 0.15) is 27.9 Å². The first-order valence-electron chi connectivity index (χ1n) is 8.59. The number of hydrogen-bond donors (Lipinski definition) is 0. The molecule has 0 fully saturated rings. The lowest BCUT2D eigenvalue weighted by Gasteiger charge is -2.23. The van der Waals surface area contributed by atoms with Crippen LogP contribution in [0.25, 0.3) is 0 Å². The lowest BCUT2D eigenvalue weighted by molar-refractivity contribution is 0.0877. The summed E-state index contributed by atoms with van der Waals surface area (Å²) in [5.74, 6) is 0.143. The SMILES string of the molecule is C=CCC(C(=O)c1ccc(N(C)C)c(Cc2ccccc2)c1)N(C)C. The highest BCUT2D eigenvalue weighted by Gasteiger charge is 2.22. The fraction of sp³-hybridized carbons (Fsp3) is 0.318. The molecule has 25 heavy (non-hydrogen) atoms. The van der Waals surface area contributed by atoms with Crippen molar-refractivity contribution in [3.8, 4) is 0 Å². The Morgan fingerprint density at radius 1 is 1.08 bits per heavy atom. The van der Waals surface area contributed by atoms with Crippen molar-refractivity contribution in [1.82, 2.24) is 4.90 Å². The van der Waals surface area contributed by atoms with Crippen LogP contribution in [-0.4, -0.2) is 44.9 Å². The third kappa shape index (κ3) is 4.80. The Kier molecular flexibility index (Phi) is 6.54. The smallest absolute Gasteiger partial charge is 0.180 e. The Bertz CT molecular complexity index is 720. The van der Waals surface area contributed by atoms with Crippen LogP contribution in [0.2, 0.25) is 0 Å². The molecule has 0 heterocycles. The van der Waals surface area contributed by atoms with Gasteiger partial charge in [-0.3, -0.25) is 9.69 Å². The van der Waals surface area contributed by atoms with E-state index in [9.17, 15) is 4.79 Å². The van der Waals surface area contributed by atoms with Crippen LogP contribution in [0.15, 0.2) is 61.2 Å². The molecule has 0 radical (unpaired) electrons. The van der Waals surface area contributed by atoms with E-state index < -0.39 is 0 Å². The summed E-state index contributed by atoms with van der Waals surface area (Å²) in [5, 5.41) is 0. The summed E-state index contributed by atoms with van der Waals surface area (Å²) in [6.07, 6.45) is 3.26. The lowest BCUT2D eigenvalue weighted by Crippen LogP contribution is -2.35. The second-order valence-corrected chi connectivity index (χ2v) is 6.77. The molecular formula is C22H28N2O. The first kappa shape index (κ1) is 18.9. The van der Waals surface area contributed by atoms with E-state index in [1.807, 2.05) is 75.6 Å². The average Bonchev–Trinajstić information content (AvgIpc) is 2.59. The van der Waals surface area contributed by atoms with Crippen molar-refractivity contribution in [2.24, 2.45) is 0 Å². The molecular weight excluding hydrogens is 308 g/mol. The number of likely N-dealkylation sites (N-methyl/N-ethyl adjacent to an activating group) is 1. The van der Waals surface area contributed by atoms with E-state index in [2.05, 4.69) is 23.6 Å². The van der Waals surface area contributed by atoms with Gasteiger partial charge in [-0.2, -0.15) is 0 Å². The summed E-state index contributed by atoms with van der Waals surface area (Å²) in [6, 6.07) is 16.2. The predicted octanol–water partition coefficient (Wildman–Crippen LogP) is 4.03. The van der Waals surface area contributed by atoms with Gasteiger partial charge in [0.1, 0.15) is 0 Å². The Hall–Kier alpha value is -2.39. The largest absolute Gasteiger partial charge is 0.377 e. The molecule has 2 rings (SSSR count). The number of benzene rings is 2. The number of nitrogens with zero attached hydrogens (tertiary/aromatic N) is 2. The summed E-state index contributed by atoms with van der Waals surface area (Å²) in [5.41, 5.74) is 4.31. The van der Waals surface area contributed by atoms with Gasteiger partial charge in [-0.25, -0.2) is 0 Å². The van der Waals surface area contributed by atoms with Crippen molar-refractivity contribution in [2.75, 3.05) is 33.1 Å². The van der Waals surface area contributed by atoms with Crippen molar-refractivity contribution in [3.63, 3.8) is 0 Å². The summed E-state index contributed by atoms with van der Waals surface area (Å²) in [4.78, 5) is 17.0. The van der Waals surface area contributed by atoms with Crippen LogP contribution in [0.5, 0.6) is 0 Å². The van der Waals surface area contributed by atoms with Crippen LogP contribution in [0.3, 0.4) is 0 Å². The zero-order valence-corrected chi connectivity index (χ0v) is 15.7. The van der Waals surface area contributed by atoms with Crippen molar-refractivity contribution in [2.45, 2.75) is 18.9 Å². The van der Waals surface area contributed by atoms with Crippen LogP contribution in [0, 0.1) is 0 Å². The fourth-order valence-electron chi connectivity index (χ4n) is 3.04. The van der Waals surface area contributed by atoms with E-state index in [4.69, 9.17) is 0 Å². The first-order chi connectivity index (χ1) is 11.9. The molecule has 0 aliphatic heterocycles. The highest BCUT2D eigenvalue weighted by Crippen LogP contribution is 2.24. The molecule has 0 spiro atoms. The highest BCUT2D eigenvalue weighted by atomic mass is 16.1. The number of carbonyl (C=O) groups is 1. The standard InChI is InChI=1S/C22H28N2O/c1-6-10-21(24(4)5)22(25)18-13-14-20(23(2)3)19(16-18)15-17-11-8-7-9-12-17/h6-9,11-14,16,21H,1,10,15H2,2-5H3. The molecule has 2 aromatic carbocycles. The summed E-state index contributed by atoms with van der Waals surface area (Å²) >= 11 is 0. The van der Waals surface area contributed by atoms with Crippen LogP contribution in [0.4, 0.5) is 5.69 Å². The molecule has 0 saturated carbocycles. The Balaban J connectivity index is 2.39. The molecule has 0 N–H and O–H groups in total. The number of anilines is 1. The van der Waals surface area contributed by atoms with E-state index in [1.54, 1.807) is 0 Å². The number of Topliss-reactive ketones (excluding diaryl/α,β-unsaturated/α-hetero) is 1. The molecule has 0 amide bonds. The lowest BCUT2D eigenvalue weighted by atomic mass is 9.95. The van der Waals surface area contributed by atoms with Crippen LogP contribution in [-0.2, 0) is 6.42 Å². The van der Waals surface area contributed by atoms with Gasteiger partial charge in [0.2, 0.25) is 0 Å². The van der Waals surface area contributed by atoms with Gasteiger partial charge < -0.3 is 4.90 Å². The molecule has 1 atom stereocenters. The van der Waals surface area contributed by atoms with E-state index in [1.165, 1.54) is 5.56 Å².